The molecule has 1 aliphatic rings. The van der Waals surface area contributed by atoms with Crippen molar-refractivity contribution in [1.29, 1.82) is 5.26 Å². The smallest absolute Gasteiger partial charge is 0.0991 e. The van der Waals surface area contributed by atoms with Gasteiger partial charge in [0.25, 0.3) is 0 Å². The van der Waals surface area contributed by atoms with E-state index in [0.717, 1.165) is 29.7 Å². The zero-order valence-electron chi connectivity index (χ0n) is 9.43. The fourth-order valence-corrected chi connectivity index (χ4v) is 2.01. The molecule has 0 saturated heterocycles. The van der Waals surface area contributed by atoms with Gasteiger partial charge in [0.1, 0.15) is 0 Å². The van der Waals surface area contributed by atoms with Crippen LogP contribution in [0.15, 0.2) is 36.7 Å². The van der Waals surface area contributed by atoms with Crippen LogP contribution in [0.4, 0.5) is 0 Å². The van der Waals surface area contributed by atoms with E-state index in [1.165, 1.54) is 11.2 Å². The van der Waals surface area contributed by atoms with Crippen molar-refractivity contribution in [3.63, 3.8) is 0 Å². The second-order valence-electron chi connectivity index (χ2n) is 3.86. The Morgan fingerprint density at radius 3 is 2.94 bits per heavy atom. The van der Waals surface area contributed by atoms with Crippen molar-refractivity contribution in [2.24, 2.45) is 11.6 Å². The second kappa shape index (κ2) is 4.73. The molecule has 1 aromatic rings. The summed E-state index contributed by atoms with van der Waals surface area (Å²) in [7, 11) is 0. The third-order valence-corrected chi connectivity index (χ3v) is 2.79. The van der Waals surface area contributed by atoms with Crippen LogP contribution in [0.5, 0.6) is 0 Å². The van der Waals surface area contributed by atoms with E-state index >= 15 is 0 Å². The van der Waals surface area contributed by atoms with Crippen LogP contribution in [0.2, 0.25) is 0 Å². The summed E-state index contributed by atoms with van der Waals surface area (Å²) >= 11 is 0. The minimum absolute atomic E-state index is 0.683. The third kappa shape index (κ3) is 2.14. The summed E-state index contributed by atoms with van der Waals surface area (Å²) in [6.07, 6.45) is 6.95. The van der Waals surface area contributed by atoms with Crippen LogP contribution in [-0.2, 0) is 6.42 Å². The van der Waals surface area contributed by atoms with Crippen LogP contribution in [0.1, 0.15) is 23.1 Å². The molecule has 86 valence electrons. The highest BCUT2D eigenvalue weighted by atomic mass is 15.4. The zero-order chi connectivity index (χ0) is 12.3. The van der Waals surface area contributed by atoms with Gasteiger partial charge in [-0.2, -0.15) is 5.26 Å². The maximum Gasteiger partial charge on any atom is 0.0991 e. The topological polar surface area (TPSA) is 79.1 Å². The molecule has 0 aromatic heterocycles. The standard InChI is InChI=1S/C13H14N4/c14-6-7-17(16)13-3-1-2-11-8-10(9-15)4-5-12(11)13/h3-8H,1-2,14,16H2/b7-6-. The van der Waals surface area contributed by atoms with Crippen LogP contribution in [0, 0.1) is 11.3 Å². The number of benzene rings is 1. The first-order chi connectivity index (χ1) is 8.26. The molecule has 17 heavy (non-hydrogen) atoms. The summed E-state index contributed by atoms with van der Waals surface area (Å²) in [5, 5.41) is 10.4. The molecule has 0 heterocycles. The predicted molar refractivity (Wildman–Crippen MR) is 66.8 cm³/mol. The number of allylic oxidation sites excluding steroid dienone is 1. The minimum Gasteiger partial charge on any atom is -0.403 e. The van der Waals surface area contributed by atoms with Crippen LogP contribution in [-0.4, -0.2) is 5.01 Å². The summed E-state index contributed by atoms with van der Waals surface area (Å²) in [5.41, 5.74) is 9.16. The minimum atomic E-state index is 0.683. The highest BCUT2D eigenvalue weighted by molar-refractivity contribution is 5.69. The van der Waals surface area contributed by atoms with Crippen molar-refractivity contribution >= 4 is 5.70 Å². The Morgan fingerprint density at radius 1 is 1.41 bits per heavy atom. The molecule has 1 aliphatic carbocycles. The first-order valence-electron chi connectivity index (χ1n) is 5.42. The summed E-state index contributed by atoms with van der Waals surface area (Å²) in [4.78, 5) is 0. The first kappa shape index (κ1) is 11.2. The van der Waals surface area contributed by atoms with Crippen LogP contribution in [0.25, 0.3) is 5.70 Å². The van der Waals surface area contributed by atoms with Gasteiger partial charge in [-0.3, -0.25) is 5.01 Å². The lowest BCUT2D eigenvalue weighted by Gasteiger charge is -2.24. The highest BCUT2D eigenvalue weighted by Crippen LogP contribution is 2.28. The van der Waals surface area contributed by atoms with E-state index in [-0.39, 0.29) is 0 Å². The molecule has 0 radical (unpaired) electrons. The Morgan fingerprint density at radius 2 is 2.24 bits per heavy atom. The van der Waals surface area contributed by atoms with E-state index in [0.29, 0.717) is 5.56 Å². The molecule has 0 bridgehead atoms. The van der Waals surface area contributed by atoms with Gasteiger partial charge < -0.3 is 5.73 Å². The Labute approximate surface area is 100 Å². The zero-order valence-corrected chi connectivity index (χ0v) is 9.43. The number of nitriles is 1. The lowest BCUT2D eigenvalue weighted by Crippen LogP contribution is -2.25. The van der Waals surface area contributed by atoms with E-state index in [2.05, 4.69) is 12.1 Å². The van der Waals surface area contributed by atoms with Gasteiger partial charge in [-0.05, 0) is 30.5 Å². The maximum absolute atomic E-state index is 8.87. The molecule has 0 aliphatic heterocycles. The van der Waals surface area contributed by atoms with Crippen LogP contribution in [0.3, 0.4) is 0 Å². The fourth-order valence-electron chi connectivity index (χ4n) is 2.01. The van der Waals surface area contributed by atoms with Gasteiger partial charge in [-0.25, -0.2) is 5.84 Å². The molecule has 0 saturated carbocycles. The van der Waals surface area contributed by atoms with Crippen molar-refractivity contribution < 1.29 is 0 Å². The molecular weight excluding hydrogens is 212 g/mol. The summed E-state index contributed by atoms with van der Waals surface area (Å²) in [6.45, 7) is 0. The summed E-state index contributed by atoms with van der Waals surface area (Å²) in [6, 6.07) is 7.80. The van der Waals surface area contributed by atoms with Crippen molar-refractivity contribution in [1.82, 2.24) is 5.01 Å². The van der Waals surface area contributed by atoms with Crippen LogP contribution < -0.4 is 11.6 Å². The number of hydrogen-bond donors (Lipinski definition) is 2. The summed E-state index contributed by atoms with van der Waals surface area (Å²) in [5.74, 6) is 5.88. The van der Waals surface area contributed by atoms with E-state index in [9.17, 15) is 0 Å². The third-order valence-electron chi connectivity index (χ3n) is 2.79. The van der Waals surface area contributed by atoms with Crippen LogP contribution >= 0.6 is 0 Å². The van der Waals surface area contributed by atoms with E-state index in [1.807, 2.05) is 12.1 Å². The molecule has 0 amide bonds. The number of rotatable bonds is 2. The molecule has 0 unspecified atom stereocenters. The number of aryl methyl sites for hydroxylation is 1. The van der Waals surface area contributed by atoms with Crippen molar-refractivity contribution in [2.45, 2.75) is 12.8 Å². The van der Waals surface area contributed by atoms with Gasteiger partial charge in [-0.15, -0.1) is 0 Å². The monoisotopic (exact) mass is 226 g/mol. The van der Waals surface area contributed by atoms with Gasteiger partial charge in [0.05, 0.1) is 17.3 Å². The lowest BCUT2D eigenvalue weighted by molar-refractivity contribution is 0.560. The van der Waals surface area contributed by atoms with Gasteiger partial charge in [0.15, 0.2) is 0 Å². The molecule has 4 N–H and O–H groups in total. The number of hydrazine groups is 1. The Balaban J connectivity index is 2.42. The second-order valence-corrected chi connectivity index (χ2v) is 3.86. The van der Waals surface area contributed by atoms with E-state index in [4.69, 9.17) is 16.8 Å². The SMILES string of the molecule is N#Cc1ccc2c(c1)CCC=C2N(N)/C=C\N. The predicted octanol–water partition coefficient (Wildman–Crippen LogP) is 1.45. The highest BCUT2D eigenvalue weighted by Gasteiger charge is 2.15. The normalized spacial score (nSPS) is 14.0. The molecule has 4 heteroatoms. The number of hydrogen-bond acceptors (Lipinski definition) is 4. The molecule has 4 nitrogen and oxygen atoms in total. The van der Waals surface area contributed by atoms with E-state index < -0.39 is 0 Å². The maximum atomic E-state index is 8.87. The van der Waals surface area contributed by atoms with E-state index in [1.54, 1.807) is 12.3 Å². The molecule has 1 aromatic carbocycles. The largest absolute Gasteiger partial charge is 0.403 e. The quantitative estimate of drug-likeness (QED) is 0.591. The Kier molecular flexibility index (Phi) is 3.12. The average Bonchev–Trinajstić information content (AvgIpc) is 2.37. The molecule has 2 rings (SSSR count). The average molecular weight is 226 g/mol. The van der Waals surface area contributed by atoms with Gasteiger partial charge in [0.2, 0.25) is 0 Å². The Hall–Kier alpha value is -2.25. The van der Waals surface area contributed by atoms with Crippen molar-refractivity contribution in [3.05, 3.63) is 53.4 Å². The van der Waals surface area contributed by atoms with Crippen molar-refractivity contribution in [3.8, 4) is 6.07 Å². The number of nitrogens with two attached hydrogens (primary N) is 2. The molecule has 0 atom stereocenters. The van der Waals surface area contributed by atoms with Crippen molar-refractivity contribution in [2.75, 3.05) is 0 Å². The lowest BCUT2D eigenvalue weighted by atomic mass is 9.93. The molecular formula is C13H14N4. The van der Waals surface area contributed by atoms with Gasteiger partial charge >= 0.3 is 0 Å². The molecule has 0 fully saturated rings. The number of nitrogens with zero attached hydrogens (tertiary/aromatic N) is 2. The Bertz CT molecular complexity index is 523. The van der Waals surface area contributed by atoms with Gasteiger partial charge in [-0.1, -0.05) is 12.1 Å². The molecule has 0 spiro atoms. The van der Waals surface area contributed by atoms with Gasteiger partial charge in [0, 0.05) is 18.0 Å². The number of fused-ring (bicyclic) bond motifs is 1. The first-order valence-corrected chi connectivity index (χ1v) is 5.42. The fraction of sp³-hybridized carbons (Fsp3) is 0.154. The summed E-state index contributed by atoms with van der Waals surface area (Å²) < 4.78 is 0.